The van der Waals surface area contributed by atoms with Crippen LogP contribution in [-0.4, -0.2) is 36.7 Å². The first-order valence-electron chi connectivity index (χ1n) is 3.85. The molecule has 0 aromatic carbocycles. The van der Waals surface area contributed by atoms with Gasteiger partial charge in [0.15, 0.2) is 0 Å². The zero-order valence-corrected chi connectivity index (χ0v) is 7.45. The van der Waals surface area contributed by atoms with Gasteiger partial charge in [0.05, 0.1) is 13.2 Å². The van der Waals surface area contributed by atoms with Gasteiger partial charge in [0.1, 0.15) is 6.61 Å². The molecule has 0 aromatic heterocycles. The minimum Gasteiger partial charge on any atom is -0.461 e. The molecule has 5 heteroatoms. The van der Waals surface area contributed by atoms with Crippen molar-refractivity contribution in [3.8, 4) is 0 Å². The summed E-state index contributed by atoms with van der Waals surface area (Å²) in [6, 6.07) is 0. The second kappa shape index (κ2) is 7.30. The van der Waals surface area contributed by atoms with Crippen molar-refractivity contribution in [2.75, 3.05) is 19.8 Å². The molecular weight excluding hydrogens is 174 g/mol. The van der Waals surface area contributed by atoms with Gasteiger partial charge in [0, 0.05) is 13.0 Å². The lowest BCUT2D eigenvalue weighted by Crippen LogP contribution is -2.25. The normalized spacial score (nSPS) is 10.0. The molecule has 0 spiro atoms. The molecule has 0 heterocycles. The van der Waals surface area contributed by atoms with E-state index < -0.39 is 5.97 Å². The lowest BCUT2D eigenvalue weighted by atomic mass is 10.5. The van der Waals surface area contributed by atoms with Crippen LogP contribution < -0.4 is 5.32 Å². The minimum atomic E-state index is -0.528. The van der Waals surface area contributed by atoms with Crippen LogP contribution in [0.15, 0.2) is 12.2 Å². The predicted octanol–water partition coefficient (Wildman–Crippen LogP) is -0.786. The number of nitrogens with one attached hydrogen (secondary N) is 1. The second-order valence-electron chi connectivity index (χ2n) is 2.24. The number of carbonyl (C=O) groups excluding carboxylic acids is 2. The van der Waals surface area contributed by atoms with E-state index in [1.807, 2.05) is 0 Å². The molecule has 0 rings (SSSR count). The number of aliphatic hydroxyl groups excluding tert-OH is 1. The molecule has 5 nitrogen and oxygen atoms in total. The van der Waals surface area contributed by atoms with Crippen LogP contribution in [0.1, 0.15) is 6.92 Å². The minimum absolute atomic E-state index is 0.133. The summed E-state index contributed by atoms with van der Waals surface area (Å²) < 4.78 is 4.64. The topological polar surface area (TPSA) is 75.6 Å². The Morgan fingerprint density at radius 2 is 2.23 bits per heavy atom. The van der Waals surface area contributed by atoms with Gasteiger partial charge in [0.25, 0.3) is 0 Å². The molecule has 0 unspecified atom stereocenters. The van der Waals surface area contributed by atoms with Crippen LogP contribution in [-0.2, 0) is 14.3 Å². The van der Waals surface area contributed by atoms with E-state index in [-0.39, 0.29) is 19.1 Å². The van der Waals surface area contributed by atoms with Gasteiger partial charge in [-0.1, -0.05) is 6.08 Å². The molecule has 2 N–H and O–H groups in total. The zero-order valence-electron chi connectivity index (χ0n) is 7.45. The number of aliphatic hydroxyl groups is 1. The zero-order chi connectivity index (χ0) is 10.1. The van der Waals surface area contributed by atoms with E-state index in [9.17, 15) is 9.59 Å². The van der Waals surface area contributed by atoms with Crippen molar-refractivity contribution in [1.29, 1.82) is 0 Å². The van der Waals surface area contributed by atoms with Gasteiger partial charge in [-0.05, 0) is 0 Å². The molecule has 0 saturated heterocycles. The van der Waals surface area contributed by atoms with Crippen molar-refractivity contribution in [3.05, 3.63) is 12.2 Å². The maximum Gasteiger partial charge on any atom is 0.330 e. The maximum absolute atomic E-state index is 10.7. The Morgan fingerprint density at radius 1 is 1.54 bits per heavy atom. The molecule has 74 valence electrons. The molecule has 0 radical (unpaired) electrons. The Balaban J connectivity index is 3.37. The van der Waals surface area contributed by atoms with Gasteiger partial charge >= 0.3 is 5.97 Å². The smallest absolute Gasteiger partial charge is 0.330 e. The third kappa shape index (κ3) is 8.55. The Bertz CT molecular complexity index is 200. The van der Waals surface area contributed by atoms with Crippen LogP contribution in [0.25, 0.3) is 0 Å². The number of hydrogen-bond acceptors (Lipinski definition) is 4. The summed E-state index contributed by atoms with van der Waals surface area (Å²) in [5, 5.41) is 10.8. The molecule has 0 aromatic rings. The SMILES string of the molecule is CC(=O)NCCOC(=O)/C=C/CO. The average molecular weight is 187 g/mol. The number of amides is 1. The van der Waals surface area contributed by atoms with E-state index in [0.29, 0.717) is 6.54 Å². The first kappa shape index (κ1) is 11.6. The summed E-state index contributed by atoms with van der Waals surface area (Å²) in [5.41, 5.74) is 0. The molecular formula is C8H13NO4. The van der Waals surface area contributed by atoms with Crippen molar-refractivity contribution in [3.63, 3.8) is 0 Å². The van der Waals surface area contributed by atoms with Crippen molar-refractivity contribution in [2.24, 2.45) is 0 Å². The van der Waals surface area contributed by atoms with E-state index in [2.05, 4.69) is 10.1 Å². The summed E-state index contributed by atoms with van der Waals surface area (Å²) in [5.74, 6) is -0.693. The Hall–Kier alpha value is -1.36. The van der Waals surface area contributed by atoms with Crippen LogP contribution in [0.4, 0.5) is 0 Å². The van der Waals surface area contributed by atoms with Crippen LogP contribution in [0, 0.1) is 0 Å². The summed E-state index contributed by atoms with van der Waals surface area (Å²) >= 11 is 0. The van der Waals surface area contributed by atoms with Crippen molar-refractivity contribution >= 4 is 11.9 Å². The van der Waals surface area contributed by atoms with Crippen molar-refractivity contribution in [1.82, 2.24) is 5.32 Å². The molecule has 0 aliphatic carbocycles. The quantitative estimate of drug-likeness (QED) is 0.336. The molecule has 0 atom stereocenters. The van der Waals surface area contributed by atoms with Gasteiger partial charge in [-0.25, -0.2) is 4.79 Å². The number of esters is 1. The molecule has 0 saturated carbocycles. The van der Waals surface area contributed by atoms with Gasteiger partial charge in [0.2, 0.25) is 5.91 Å². The summed E-state index contributed by atoms with van der Waals surface area (Å²) in [4.78, 5) is 21.1. The molecule has 1 amide bonds. The monoisotopic (exact) mass is 187 g/mol. The lowest BCUT2D eigenvalue weighted by Gasteiger charge is -2.01. The Kier molecular flexibility index (Phi) is 6.53. The van der Waals surface area contributed by atoms with E-state index >= 15 is 0 Å². The van der Waals surface area contributed by atoms with Crippen LogP contribution in [0.5, 0.6) is 0 Å². The first-order chi connectivity index (χ1) is 6.16. The number of rotatable bonds is 5. The van der Waals surface area contributed by atoms with Crippen LogP contribution >= 0.6 is 0 Å². The molecule has 0 aliphatic heterocycles. The number of carbonyl (C=O) groups is 2. The van der Waals surface area contributed by atoms with Gasteiger partial charge in [-0.15, -0.1) is 0 Å². The standard InChI is InChI=1S/C8H13NO4/c1-7(11)9-4-6-13-8(12)3-2-5-10/h2-3,10H,4-6H2,1H3,(H,9,11)/b3-2+. The largest absolute Gasteiger partial charge is 0.461 e. The molecule has 0 bridgehead atoms. The molecule has 0 aliphatic rings. The van der Waals surface area contributed by atoms with Gasteiger partial charge in [-0.2, -0.15) is 0 Å². The van der Waals surface area contributed by atoms with Crippen LogP contribution in [0.3, 0.4) is 0 Å². The van der Waals surface area contributed by atoms with Crippen molar-refractivity contribution < 1.29 is 19.4 Å². The average Bonchev–Trinajstić information content (AvgIpc) is 2.08. The maximum atomic E-state index is 10.7. The third-order valence-electron chi connectivity index (χ3n) is 1.08. The summed E-state index contributed by atoms with van der Waals surface area (Å²) in [6.07, 6.45) is 2.41. The van der Waals surface area contributed by atoms with E-state index in [4.69, 9.17) is 5.11 Å². The Labute approximate surface area is 76.4 Å². The highest BCUT2D eigenvalue weighted by Crippen LogP contribution is 1.80. The predicted molar refractivity (Wildman–Crippen MR) is 45.9 cm³/mol. The lowest BCUT2D eigenvalue weighted by molar-refractivity contribution is -0.138. The fourth-order valence-electron chi connectivity index (χ4n) is 0.576. The second-order valence-corrected chi connectivity index (χ2v) is 2.24. The van der Waals surface area contributed by atoms with Gasteiger partial charge in [-0.3, -0.25) is 4.79 Å². The Morgan fingerprint density at radius 3 is 2.77 bits per heavy atom. The third-order valence-corrected chi connectivity index (χ3v) is 1.08. The summed E-state index contributed by atoms with van der Waals surface area (Å²) in [7, 11) is 0. The van der Waals surface area contributed by atoms with Crippen LogP contribution in [0.2, 0.25) is 0 Å². The first-order valence-corrected chi connectivity index (χ1v) is 3.85. The van der Waals surface area contributed by atoms with E-state index in [1.165, 1.54) is 13.0 Å². The highest BCUT2D eigenvalue weighted by Gasteiger charge is 1.95. The highest BCUT2D eigenvalue weighted by molar-refractivity contribution is 5.81. The highest BCUT2D eigenvalue weighted by atomic mass is 16.5. The molecule has 13 heavy (non-hydrogen) atoms. The van der Waals surface area contributed by atoms with Crippen molar-refractivity contribution in [2.45, 2.75) is 6.92 Å². The molecule has 0 fully saturated rings. The van der Waals surface area contributed by atoms with E-state index in [1.54, 1.807) is 0 Å². The summed E-state index contributed by atoms with van der Waals surface area (Å²) in [6.45, 7) is 1.62. The fraction of sp³-hybridized carbons (Fsp3) is 0.500. The number of ether oxygens (including phenoxy) is 1. The number of hydrogen-bond donors (Lipinski definition) is 2. The fourth-order valence-corrected chi connectivity index (χ4v) is 0.576. The van der Waals surface area contributed by atoms with E-state index in [0.717, 1.165) is 6.08 Å². The van der Waals surface area contributed by atoms with Gasteiger partial charge < -0.3 is 15.2 Å².